The summed E-state index contributed by atoms with van der Waals surface area (Å²) in [5, 5.41) is 2.52. The summed E-state index contributed by atoms with van der Waals surface area (Å²) in [5.74, 6) is 1.87. The maximum atomic E-state index is 6.97. The Bertz CT molecular complexity index is 2380. The normalized spacial score (nSPS) is 14.7. The smallest absolute Gasteiger partial charge is 0.253 e. The molecule has 0 radical (unpaired) electrons. The number of aromatic nitrogens is 1. The molecule has 0 N–H and O–H groups in total. The van der Waals surface area contributed by atoms with E-state index in [0.29, 0.717) is 0 Å². The molecule has 7 aromatic carbocycles. The van der Waals surface area contributed by atoms with E-state index in [1.54, 1.807) is 0 Å². The molecule has 0 amide bonds. The third kappa shape index (κ3) is 3.40. The van der Waals surface area contributed by atoms with Gasteiger partial charge in [-0.3, -0.25) is 0 Å². The monoisotopic (exact) mass is 605 g/mol. The highest BCUT2D eigenvalue weighted by atomic mass is 32.3. The van der Waals surface area contributed by atoms with Gasteiger partial charge in [0, 0.05) is 37.2 Å². The molecular formula is C42H28BNOS. The fourth-order valence-electron chi connectivity index (χ4n) is 7.96. The predicted octanol–water partition coefficient (Wildman–Crippen LogP) is 9.06. The van der Waals surface area contributed by atoms with Crippen LogP contribution in [0, 0.1) is 0 Å². The van der Waals surface area contributed by atoms with Crippen molar-refractivity contribution in [1.29, 1.82) is 0 Å². The molecule has 0 aliphatic carbocycles. The quantitative estimate of drug-likeness (QED) is 0.183. The van der Waals surface area contributed by atoms with E-state index >= 15 is 0 Å². The summed E-state index contributed by atoms with van der Waals surface area (Å²) in [7, 11) is -1.78. The molecule has 0 bridgehead atoms. The minimum Gasteiger partial charge on any atom is -0.458 e. The molecular weight excluding hydrogens is 577 g/mol. The molecule has 0 saturated heterocycles. The summed E-state index contributed by atoms with van der Waals surface area (Å²) >= 11 is 0. The first-order chi connectivity index (χ1) is 22.8. The highest BCUT2D eigenvalue weighted by Crippen LogP contribution is 2.74. The maximum absolute atomic E-state index is 6.97. The van der Waals surface area contributed by atoms with Gasteiger partial charge in [-0.05, 0) is 76.5 Å². The van der Waals surface area contributed by atoms with Gasteiger partial charge in [0.05, 0.1) is 11.0 Å². The highest BCUT2D eigenvalue weighted by Gasteiger charge is 2.48. The number of para-hydroxylation sites is 2. The molecule has 2 aliphatic rings. The van der Waals surface area contributed by atoms with Gasteiger partial charge in [-0.1, -0.05) is 109 Å². The van der Waals surface area contributed by atoms with Crippen LogP contribution in [0.5, 0.6) is 11.5 Å². The van der Waals surface area contributed by atoms with Gasteiger partial charge >= 0.3 is 0 Å². The molecule has 0 saturated carbocycles. The van der Waals surface area contributed by atoms with Crippen molar-refractivity contribution in [2.45, 2.75) is 19.6 Å². The van der Waals surface area contributed by atoms with Gasteiger partial charge in [-0.2, -0.15) is 0 Å². The topological polar surface area (TPSA) is 14.2 Å². The van der Waals surface area contributed by atoms with Crippen LogP contribution < -0.4 is 21.1 Å². The van der Waals surface area contributed by atoms with Crippen LogP contribution in [0.3, 0.4) is 0 Å². The van der Waals surface area contributed by atoms with Gasteiger partial charge < -0.3 is 9.30 Å². The number of hydrogen-bond acceptors (Lipinski definition) is 1. The molecule has 1 aromatic heterocycles. The van der Waals surface area contributed by atoms with Crippen LogP contribution in [0.1, 0.15) is 0 Å². The Morgan fingerprint density at radius 1 is 0.457 bits per heavy atom. The maximum Gasteiger partial charge on any atom is 0.253 e. The molecule has 3 heterocycles. The van der Waals surface area contributed by atoms with Crippen LogP contribution in [-0.2, 0) is 0 Å². The Hall–Kier alpha value is -5.45. The molecule has 0 unspecified atom stereocenters. The Morgan fingerprint density at radius 3 is 1.74 bits per heavy atom. The first-order valence-electron chi connectivity index (χ1n) is 15.8. The second kappa shape index (κ2) is 9.78. The molecule has 2 aliphatic heterocycles. The third-order valence-electron chi connectivity index (χ3n) is 9.76. The second-order valence-corrected chi connectivity index (χ2v) is 15.1. The molecule has 4 heteroatoms. The highest BCUT2D eigenvalue weighted by molar-refractivity contribution is 8.34. The zero-order valence-electron chi connectivity index (χ0n) is 25.0. The van der Waals surface area contributed by atoms with E-state index in [4.69, 9.17) is 4.74 Å². The molecule has 46 heavy (non-hydrogen) atoms. The van der Waals surface area contributed by atoms with Crippen LogP contribution in [0.2, 0.25) is 0 Å². The zero-order valence-corrected chi connectivity index (χ0v) is 25.8. The van der Waals surface area contributed by atoms with Gasteiger partial charge in [-0.25, -0.2) is 0 Å². The molecule has 8 aromatic rings. The van der Waals surface area contributed by atoms with Crippen molar-refractivity contribution in [1.82, 2.24) is 4.57 Å². The van der Waals surface area contributed by atoms with Gasteiger partial charge in [0.25, 0.3) is 6.71 Å². The average Bonchev–Trinajstić information content (AvgIpc) is 3.46. The summed E-state index contributed by atoms with van der Waals surface area (Å²) < 4.78 is 9.34. The van der Waals surface area contributed by atoms with Gasteiger partial charge in [0.15, 0.2) is 0 Å². The van der Waals surface area contributed by atoms with Crippen LogP contribution in [-0.4, -0.2) is 11.3 Å². The van der Waals surface area contributed by atoms with Crippen LogP contribution in [0.15, 0.2) is 189 Å². The van der Waals surface area contributed by atoms with E-state index in [9.17, 15) is 0 Å². The minimum atomic E-state index is -1.78. The molecule has 216 valence electrons. The average molecular weight is 606 g/mol. The van der Waals surface area contributed by atoms with E-state index in [0.717, 1.165) is 17.2 Å². The van der Waals surface area contributed by atoms with Crippen molar-refractivity contribution < 1.29 is 4.74 Å². The Balaban J connectivity index is 1.24. The van der Waals surface area contributed by atoms with E-state index in [-0.39, 0.29) is 6.71 Å². The van der Waals surface area contributed by atoms with Gasteiger partial charge in [0.2, 0.25) is 0 Å². The number of hydrogen-bond donors (Lipinski definition) is 0. The Morgan fingerprint density at radius 2 is 1.04 bits per heavy atom. The van der Waals surface area contributed by atoms with E-state index in [2.05, 4.69) is 174 Å². The first kappa shape index (κ1) is 25.8. The van der Waals surface area contributed by atoms with Crippen LogP contribution in [0.4, 0.5) is 0 Å². The lowest BCUT2D eigenvalue weighted by atomic mass is 9.35. The van der Waals surface area contributed by atoms with Crippen molar-refractivity contribution in [3.63, 3.8) is 0 Å². The summed E-state index contributed by atoms with van der Waals surface area (Å²) in [4.78, 5) is 5.45. The fraction of sp³-hybridized carbons (Fsp3) is 0. The second-order valence-electron chi connectivity index (χ2n) is 12.1. The lowest BCUT2D eigenvalue weighted by Gasteiger charge is -2.49. The van der Waals surface area contributed by atoms with Gasteiger partial charge in [-0.15, -0.1) is 10.0 Å². The summed E-state index contributed by atoms with van der Waals surface area (Å²) in [6.07, 6.45) is 0. The summed E-state index contributed by atoms with van der Waals surface area (Å²) in [5.41, 5.74) is 7.37. The van der Waals surface area contributed by atoms with Crippen molar-refractivity contribution in [2.75, 3.05) is 0 Å². The number of ether oxygens (including phenoxy) is 1. The van der Waals surface area contributed by atoms with E-state index in [1.165, 1.54) is 57.8 Å². The fourth-order valence-corrected chi connectivity index (χ4v) is 12.3. The molecule has 10 rings (SSSR count). The molecule has 2 nitrogen and oxygen atoms in total. The largest absolute Gasteiger partial charge is 0.458 e. The van der Waals surface area contributed by atoms with E-state index in [1.807, 2.05) is 0 Å². The Labute approximate surface area is 269 Å². The standard InChI is InChI=1S/C42H28BNOS/c1-3-14-30(15-4-1)46(31-16-5-2-6-17-31)40-24-12-9-20-35(40)43-34-27-26-29(28-39(34)45-38-23-13-25-41(46)42(38)43)44-36-21-10-7-18-32(36)33-19-8-11-22-37(33)44/h1-28H. The van der Waals surface area contributed by atoms with E-state index < -0.39 is 10.0 Å². The Kier molecular flexibility index (Phi) is 5.49. The SMILES string of the molecule is c1ccc(S2(c3ccccc3)c3ccccc3B3c4ccc(-n5c6ccccc6c6ccccc65)cc4Oc4cccc2c43)cc1. The number of fused-ring (bicyclic) bond motifs is 7. The minimum absolute atomic E-state index is 0.0754. The molecule has 0 fully saturated rings. The lowest BCUT2D eigenvalue weighted by molar-refractivity contribution is 0.486. The van der Waals surface area contributed by atoms with Crippen molar-refractivity contribution in [3.8, 4) is 17.2 Å². The van der Waals surface area contributed by atoms with Crippen molar-refractivity contribution in [3.05, 3.63) is 170 Å². The number of rotatable bonds is 3. The van der Waals surface area contributed by atoms with Crippen molar-refractivity contribution >= 4 is 54.9 Å². The van der Waals surface area contributed by atoms with Crippen LogP contribution in [0.25, 0.3) is 27.5 Å². The number of benzene rings is 7. The molecule has 0 spiro atoms. The zero-order chi connectivity index (χ0) is 30.2. The lowest BCUT2D eigenvalue weighted by Crippen LogP contribution is -2.59. The third-order valence-corrected chi connectivity index (χ3v) is 13.8. The summed E-state index contributed by atoms with van der Waals surface area (Å²) in [6.45, 7) is 0.0754. The summed E-state index contributed by atoms with van der Waals surface area (Å²) in [6, 6.07) is 62.2. The van der Waals surface area contributed by atoms with Crippen LogP contribution >= 0.6 is 10.0 Å². The predicted molar refractivity (Wildman–Crippen MR) is 192 cm³/mol. The first-order valence-corrected chi connectivity index (χ1v) is 17.4. The number of nitrogens with zero attached hydrogens (tertiary/aromatic N) is 1. The molecule has 0 atom stereocenters. The van der Waals surface area contributed by atoms with Gasteiger partial charge in [0.1, 0.15) is 11.5 Å². The van der Waals surface area contributed by atoms with Crippen molar-refractivity contribution in [2.24, 2.45) is 0 Å².